The predicted molar refractivity (Wildman–Crippen MR) is 66.3 cm³/mol. The summed E-state index contributed by atoms with van der Waals surface area (Å²) in [7, 11) is 0. The molecule has 1 aliphatic rings. The van der Waals surface area contributed by atoms with Crippen LogP contribution in [0.3, 0.4) is 0 Å². The van der Waals surface area contributed by atoms with Gasteiger partial charge in [-0.3, -0.25) is 4.79 Å². The molecule has 1 heterocycles. The number of carboxylic acid groups (broad SMARTS) is 1. The molecule has 0 spiro atoms. The van der Waals surface area contributed by atoms with E-state index in [0.717, 1.165) is 11.1 Å². The SMILES string of the molecule is Cc1ccc2cc(CC(=O)O)n(C3CC3)c2c1. The van der Waals surface area contributed by atoms with Crippen LogP contribution in [-0.4, -0.2) is 15.6 Å². The Morgan fingerprint density at radius 3 is 2.82 bits per heavy atom. The van der Waals surface area contributed by atoms with Gasteiger partial charge in [0.2, 0.25) is 0 Å². The van der Waals surface area contributed by atoms with E-state index in [9.17, 15) is 4.79 Å². The Labute approximate surface area is 99.7 Å². The molecule has 1 aromatic carbocycles. The van der Waals surface area contributed by atoms with Gasteiger partial charge in [-0.1, -0.05) is 12.1 Å². The van der Waals surface area contributed by atoms with Gasteiger partial charge in [0.1, 0.15) is 0 Å². The van der Waals surface area contributed by atoms with E-state index >= 15 is 0 Å². The standard InChI is InChI=1S/C14H15NO2/c1-9-2-3-10-7-12(8-14(16)17)15(11-4-5-11)13(10)6-9/h2-3,6-7,11H,4-5,8H2,1H3,(H,16,17). The van der Waals surface area contributed by atoms with Crippen LogP contribution in [0.2, 0.25) is 0 Å². The fourth-order valence-corrected chi connectivity index (χ4v) is 2.44. The molecule has 1 aliphatic carbocycles. The van der Waals surface area contributed by atoms with Crippen molar-refractivity contribution in [3.05, 3.63) is 35.5 Å². The number of nitrogens with zero attached hydrogens (tertiary/aromatic N) is 1. The minimum Gasteiger partial charge on any atom is -0.481 e. The van der Waals surface area contributed by atoms with Crippen LogP contribution in [0.4, 0.5) is 0 Å². The van der Waals surface area contributed by atoms with Gasteiger partial charge < -0.3 is 9.67 Å². The predicted octanol–water partition coefficient (Wildman–Crippen LogP) is 2.91. The minimum absolute atomic E-state index is 0.115. The van der Waals surface area contributed by atoms with E-state index < -0.39 is 5.97 Å². The molecule has 0 radical (unpaired) electrons. The van der Waals surface area contributed by atoms with Crippen molar-refractivity contribution in [3.63, 3.8) is 0 Å². The molecule has 3 nitrogen and oxygen atoms in total. The van der Waals surface area contributed by atoms with Crippen LogP contribution in [-0.2, 0) is 11.2 Å². The molecule has 0 atom stereocenters. The largest absolute Gasteiger partial charge is 0.481 e. The summed E-state index contributed by atoms with van der Waals surface area (Å²) in [5.41, 5.74) is 3.34. The van der Waals surface area contributed by atoms with Gasteiger partial charge in [0.15, 0.2) is 0 Å². The summed E-state index contributed by atoms with van der Waals surface area (Å²) in [5, 5.41) is 10.1. The van der Waals surface area contributed by atoms with Crippen LogP contribution in [0, 0.1) is 6.92 Å². The number of carboxylic acids is 1. The maximum Gasteiger partial charge on any atom is 0.309 e. The first-order valence-corrected chi connectivity index (χ1v) is 5.97. The summed E-state index contributed by atoms with van der Waals surface area (Å²) >= 11 is 0. The van der Waals surface area contributed by atoms with Crippen molar-refractivity contribution in [3.8, 4) is 0 Å². The Hall–Kier alpha value is -1.77. The van der Waals surface area contributed by atoms with Gasteiger partial charge in [0.25, 0.3) is 0 Å². The Kier molecular flexibility index (Phi) is 2.21. The normalized spacial score (nSPS) is 15.4. The highest BCUT2D eigenvalue weighted by molar-refractivity contribution is 5.84. The number of aliphatic carboxylic acids is 1. The number of hydrogen-bond donors (Lipinski definition) is 1. The van der Waals surface area contributed by atoms with Crippen LogP contribution in [0.15, 0.2) is 24.3 Å². The van der Waals surface area contributed by atoms with E-state index in [1.807, 2.05) is 6.07 Å². The molecule has 1 saturated carbocycles. The molecule has 88 valence electrons. The number of fused-ring (bicyclic) bond motifs is 1. The van der Waals surface area contributed by atoms with E-state index in [1.165, 1.54) is 23.9 Å². The number of carbonyl (C=O) groups is 1. The molecule has 0 unspecified atom stereocenters. The monoisotopic (exact) mass is 229 g/mol. The molecule has 17 heavy (non-hydrogen) atoms. The Morgan fingerprint density at radius 2 is 2.18 bits per heavy atom. The molecule has 0 saturated heterocycles. The summed E-state index contributed by atoms with van der Waals surface area (Å²) in [6, 6.07) is 8.84. The average molecular weight is 229 g/mol. The second-order valence-corrected chi connectivity index (χ2v) is 4.87. The molecule has 1 N–H and O–H groups in total. The minimum atomic E-state index is -0.758. The summed E-state index contributed by atoms with van der Waals surface area (Å²) in [4.78, 5) is 10.9. The number of hydrogen-bond acceptors (Lipinski definition) is 1. The van der Waals surface area contributed by atoms with Crippen molar-refractivity contribution in [2.45, 2.75) is 32.2 Å². The highest BCUT2D eigenvalue weighted by atomic mass is 16.4. The Balaban J connectivity index is 2.20. The van der Waals surface area contributed by atoms with Crippen molar-refractivity contribution >= 4 is 16.9 Å². The first-order valence-electron chi connectivity index (χ1n) is 5.97. The summed E-state index contributed by atoms with van der Waals surface area (Å²) in [6.45, 7) is 2.07. The molecule has 0 aliphatic heterocycles. The third kappa shape index (κ3) is 1.82. The molecule has 3 heteroatoms. The van der Waals surface area contributed by atoms with Crippen molar-refractivity contribution in [2.75, 3.05) is 0 Å². The Bertz CT molecular complexity index is 594. The lowest BCUT2D eigenvalue weighted by Crippen LogP contribution is -2.06. The molecule has 2 aromatic rings. The summed E-state index contributed by atoms with van der Waals surface area (Å²) in [5.74, 6) is -0.758. The van der Waals surface area contributed by atoms with E-state index in [1.54, 1.807) is 0 Å². The van der Waals surface area contributed by atoms with Crippen LogP contribution in [0.1, 0.15) is 30.1 Å². The third-order valence-corrected chi connectivity index (χ3v) is 3.32. The van der Waals surface area contributed by atoms with Crippen molar-refractivity contribution in [1.82, 2.24) is 4.57 Å². The molecule has 3 rings (SSSR count). The fourth-order valence-electron chi connectivity index (χ4n) is 2.44. The zero-order chi connectivity index (χ0) is 12.0. The van der Waals surface area contributed by atoms with E-state index in [4.69, 9.17) is 5.11 Å². The maximum atomic E-state index is 10.9. The van der Waals surface area contributed by atoms with Gasteiger partial charge in [-0.25, -0.2) is 0 Å². The lowest BCUT2D eigenvalue weighted by atomic mass is 10.2. The second-order valence-electron chi connectivity index (χ2n) is 4.87. The van der Waals surface area contributed by atoms with E-state index in [0.29, 0.717) is 6.04 Å². The van der Waals surface area contributed by atoms with Crippen LogP contribution in [0.25, 0.3) is 10.9 Å². The molecular formula is C14H15NO2. The average Bonchev–Trinajstić information content (AvgIpc) is 3.01. The highest BCUT2D eigenvalue weighted by Gasteiger charge is 2.27. The molecule has 0 bridgehead atoms. The number of aromatic nitrogens is 1. The molecule has 1 aromatic heterocycles. The van der Waals surface area contributed by atoms with Gasteiger partial charge in [0.05, 0.1) is 6.42 Å². The number of rotatable bonds is 3. The summed E-state index contributed by atoms with van der Waals surface area (Å²) < 4.78 is 2.22. The van der Waals surface area contributed by atoms with Crippen molar-refractivity contribution in [1.29, 1.82) is 0 Å². The smallest absolute Gasteiger partial charge is 0.309 e. The van der Waals surface area contributed by atoms with Crippen LogP contribution < -0.4 is 0 Å². The maximum absolute atomic E-state index is 10.9. The van der Waals surface area contributed by atoms with Crippen LogP contribution in [0.5, 0.6) is 0 Å². The van der Waals surface area contributed by atoms with Crippen molar-refractivity contribution in [2.24, 2.45) is 0 Å². The van der Waals surface area contributed by atoms with Crippen LogP contribution >= 0.6 is 0 Å². The topological polar surface area (TPSA) is 42.2 Å². The molecule has 0 amide bonds. The molecule has 1 fully saturated rings. The van der Waals surface area contributed by atoms with Gasteiger partial charge in [-0.15, -0.1) is 0 Å². The van der Waals surface area contributed by atoms with Gasteiger partial charge in [-0.2, -0.15) is 0 Å². The first kappa shape index (κ1) is 10.4. The number of benzene rings is 1. The lowest BCUT2D eigenvalue weighted by molar-refractivity contribution is -0.136. The fraction of sp³-hybridized carbons (Fsp3) is 0.357. The van der Waals surface area contributed by atoms with Gasteiger partial charge in [-0.05, 0) is 42.8 Å². The van der Waals surface area contributed by atoms with Gasteiger partial charge in [0, 0.05) is 17.3 Å². The number of aryl methyl sites for hydroxylation is 1. The lowest BCUT2D eigenvalue weighted by Gasteiger charge is -2.08. The van der Waals surface area contributed by atoms with Gasteiger partial charge >= 0.3 is 5.97 Å². The zero-order valence-electron chi connectivity index (χ0n) is 9.81. The van der Waals surface area contributed by atoms with Crippen molar-refractivity contribution < 1.29 is 9.90 Å². The summed E-state index contributed by atoms with van der Waals surface area (Å²) in [6.07, 6.45) is 2.46. The Morgan fingerprint density at radius 1 is 1.41 bits per heavy atom. The highest BCUT2D eigenvalue weighted by Crippen LogP contribution is 2.39. The second kappa shape index (κ2) is 3.62. The molecular weight excluding hydrogens is 214 g/mol. The quantitative estimate of drug-likeness (QED) is 0.879. The van der Waals surface area contributed by atoms with E-state index in [2.05, 4.69) is 29.7 Å². The first-order chi connectivity index (χ1) is 8.15. The zero-order valence-corrected chi connectivity index (χ0v) is 9.81. The third-order valence-electron chi connectivity index (χ3n) is 3.32. The van der Waals surface area contributed by atoms with E-state index in [-0.39, 0.29) is 6.42 Å².